The lowest BCUT2D eigenvalue weighted by atomic mass is 9.81. The van der Waals surface area contributed by atoms with E-state index >= 15 is 0 Å². The van der Waals surface area contributed by atoms with Crippen molar-refractivity contribution in [3.8, 4) is 0 Å². The molecule has 13 nitrogen and oxygen atoms in total. The van der Waals surface area contributed by atoms with Crippen LogP contribution in [0.3, 0.4) is 0 Å². The molecule has 0 heterocycles. The maximum absolute atomic E-state index is 14.2. The number of Topliss-reactive ketones (excluding diaryl/α,β-unsaturated/α-hetero) is 2. The summed E-state index contributed by atoms with van der Waals surface area (Å²) in [4.78, 5) is 80.5. The summed E-state index contributed by atoms with van der Waals surface area (Å²) in [5.41, 5.74) is 3.15. The Hall–Kier alpha value is -6.18. The molecule has 4 aromatic rings. The zero-order chi connectivity index (χ0) is 48.2. The van der Waals surface area contributed by atoms with Crippen LogP contribution in [-0.2, 0) is 59.5 Å². The van der Waals surface area contributed by atoms with Crippen LogP contribution in [0.25, 0.3) is 0 Å². The van der Waals surface area contributed by atoms with Crippen LogP contribution in [0.5, 0.6) is 0 Å². The Kier molecular flexibility index (Phi) is 23.1. The van der Waals surface area contributed by atoms with Crippen molar-refractivity contribution in [1.82, 2.24) is 16.0 Å². The largest absolute Gasteiger partial charge is 0.461 e. The zero-order valence-corrected chi connectivity index (χ0v) is 38.9. The van der Waals surface area contributed by atoms with Crippen LogP contribution in [-0.4, -0.2) is 76.0 Å². The molecular formula is C54H71N3O10. The second kappa shape index (κ2) is 28.1. The van der Waals surface area contributed by atoms with Gasteiger partial charge in [0.2, 0.25) is 11.8 Å². The Morgan fingerprint density at radius 2 is 0.985 bits per heavy atom. The van der Waals surface area contributed by atoms with E-state index in [1.165, 1.54) is 6.92 Å². The summed E-state index contributed by atoms with van der Waals surface area (Å²) >= 11 is 0. The van der Waals surface area contributed by atoms with Crippen molar-refractivity contribution in [2.45, 2.75) is 125 Å². The van der Waals surface area contributed by atoms with Gasteiger partial charge in [0.15, 0.2) is 11.6 Å². The molecule has 13 heteroatoms. The molecule has 0 fully saturated rings. The molecule has 0 radical (unpaired) electrons. The van der Waals surface area contributed by atoms with Gasteiger partial charge in [-0.2, -0.15) is 0 Å². The van der Waals surface area contributed by atoms with Crippen molar-refractivity contribution < 1.29 is 48.5 Å². The Bertz CT molecular complexity index is 1980. The molecule has 0 bridgehead atoms. The fourth-order valence-corrected chi connectivity index (χ4v) is 7.65. The highest BCUT2D eigenvalue weighted by Crippen LogP contribution is 2.25. The van der Waals surface area contributed by atoms with Gasteiger partial charge in [0, 0.05) is 24.7 Å². The molecule has 8 atom stereocenters. The number of nitrogens with one attached hydrogen (secondary N) is 3. The summed E-state index contributed by atoms with van der Waals surface area (Å²) in [6, 6.07) is 33.6. The Morgan fingerprint density at radius 3 is 1.48 bits per heavy atom. The van der Waals surface area contributed by atoms with E-state index in [9.17, 15) is 39.0 Å². The minimum atomic E-state index is -1.59. The van der Waals surface area contributed by atoms with E-state index in [2.05, 4.69) is 16.0 Å². The average molecular weight is 922 g/mol. The van der Waals surface area contributed by atoms with E-state index in [1.54, 1.807) is 34.6 Å². The lowest BCUT2D eigenvalue weighted by molar-refractivity contribution is -0.148. The number of ketones is 2. The summed E-state index contributed by atoms with van der Waals surface area (Å²) in [5.74, 6) is -5.60. The molecule has 5 N–H and O–H groups in total. The molecule has 0 unspecified atom stereocenters. The first kappa shape index (κ1) is 55.1. The third-order valence-electron chi connectivity index (χ3n) is 11.7. The number of hydrogen-bond donors (Lipinski definition) is 5. The van der Waals surface area contributed by atoms with Crippen molar-refractivity contribution in [1.29, 1.82) is 0 Å². The van der Waals surface area contributed by atoms with Crippen molar-refractivity contribution >= 4 is 35.4 Å². The number of aliphatic hydroxyl groups excluding tert-OH is 2. The number of carbonyl (C=O) groups excluding carboxylic acids is 6. The predicted octanol–water partition coefficient (Wildman–Crippen LogP) is 7.35. The van der Waals surface area contributed by atoms with Gasteiger partial charge in [-0.25, -0.2) is 4.79 Å². The van der Waals surface area contributed by atoms with Crippen LogP contribution >= 0.6 is 0 Å². The number of carbonyl (C=O) groups is 6. The van der Waals surface area contributed by atoms with Crippen LogP contribution < -0.4 is 16.0 Å². The molecule has 0 aliphatic heterocycles. The van der Waals surface area contributed by atoms with Crippen LogP contribution in [0.4, 0.5) is 4.79 Å². The van der Waals surface area contributed by atoms with Gasteiger partial charge in [0.05, 0.1) is 30.7 Å². The van der Waals surface area contributed by atoms with Gasteiger partial charge in [0.1, 0.15) is 19.3 Å². The standard InChI is InChI=1S/C53H67N3O10.CH4/c1-34(2)43(31-45(57)37(6)54-53(64)66-33-41-25-17-10-18-26-41)52(63)55-44(29-39-21-13-8-14-22-39)50(61)49(60)42(28-38-19-11-7-12-20-38)30-46(58)48(35(3)4)56-51(62)36(5)27-47(59)65-32-40-23-15-9-16-24-40;/h7-26,34-37,42-44,48-50,60-61H,27-33H2,1-6H3,(H,54,64)(H,55,63)(H,56,62);1H4/t36-,37+,42-,43+,44+,48+,49-,50-;/m1./s1. The Morgan fingerprint density at radius 1 is 0.507 bits per heavy atom. The van der Waals surface area contributed by atoms with E-state index in [0.717, 1.165) is 22.3 Å². The minimum Gasteiger partial charge on any atom is -0.461 e. The molecule has 362 valence electrons. The van der Waals surface area contributed by atoms with Gasteiger partial charge in [-0.15, -0.1) is 0 Å². The van der Waals surface area contributed by atoms with Gasteiger partial charge in [-0.3, -0.25) is 24.0 Å². The predicted molar refractivity (Wildman–Crippen MR) is 258 cm³/mol. The zero-order valence-electron chi connectivity index (χ0n) is 38.9. The fraction of sp³-hybridized carbons (Fsp3) is 0.444. The molecule has 4 rings (SSSR count). The first-order chi connectivity index (χ1) is 31.5. The number of benzene rings is 4. The topological polar surface area (TPSA) is 197 Å². The minimum absolute atomic E-state index is 0. The van der Waals surface area contributed by atoms with E-state index in [4.69, 9.17) is 9.47 Å². The Balaban J connectivity index is 0.0000119. The second-order valence-electron chi connectivity index (χ2n) is 17.8. The van der Waals surface area contributed by atoms with E-state index in [0.29, 0.717) is 0 Å². The first-order valence-electron chi connectivity index (χ1n) is 22.8. The maximum Gasteiger partial charge on any atom is 0.408 e. The van der Waals surface area contributed by atoms with Crippen LogP contribution in [0.1, 0.15) is 90.5 Å². The summed E-state index contributed by atoms with van der Waals surface area (Å²) in [6.45, 7) is 10.4. The number of aliphatic hydroxyl groups is 2. The van der Waals surface area contributed by atoms with Gasteiger partial charge >= 0.3 is 12.1 Å². The Labute approximate surface area is 396 Å². The maximum atomic E-state index is 14.2. The molecule has 4 aromatic carbocycles. The van der Waals surface area contributed by atoms with Gasteiger partial charge in [-0.1, -0.05) is 163 Å². The summed E-state index contributed by atoms with van der Waals surface area (Å²) in [5, 5.41) is 32.6. The van der Waals surface area contributed by atoms with E-state index < -0.39 is 77.7 Å². The van der Waals surface area contributed by atoms with Crippen LogP contribution in [0, 0.1) is 29.6 Å². The van der Waals surface area contributed by atoms with E-state index in [-0.39, 0.29) is 70.4 Å². The summed E-state index contributed by atoms with van der Waals surface area (Å²) in [6.07, 6.45) is -4.28. The molecule has 67 heavy (non-hydrogen) atoms. The third kappa shape index (κ3) is 18.6. The summed E-state index contributed by atoms with van der Waals surface area (Å²) < 4.78 is 10.7. The van der Waals surface area contributed by atoms with Crippen LogP contribution in [0.15, 0.2) is 121 Å². The number of esters is 1. The number of ether oxygens (including phenoxy) is 2. The van der Waals surface area contributed by atoms with Crippen molar-refractivity contribution in [3.05, 3.63) is 144 Å². The third-order valence-corrected chi connectivity index (χ3v) is 11.7. The van der Waals surface area contributed by atoms with Gasteiger partial charge < -0.3 is 35.6 Å². The molecular weight excluding hydrogens is 851 g/mol. The molecule has 0 aromatic heterocycles. The van der Waals surface area contributed by atoms with Gasteiger partial charge in [-0.05, 0) is 59.8 Å². The number of rotatable bonds is 26. The smallest absolute Gasteiger partial charge is 0.408 e. The highest BCUT2D eigenvalue weighted by atomic mass is 16.5. The average Bonchev–Trinajstić information content (AvgIpc) is 3.31. The SMILES string of the molecule is C.CC(C)[C@H](CC(=O)[C@H](C)NC(=O)OCc1ccccc1)C(=O)N[C@@H](Cc1ccccc1)[C@@H](O)[C@H](O)[C@@H](CC(=O)[C@@H](NC(=O)[C@H](C)CC(=O)OCc1ccccc1)C(C)C)Cc1ccccc1. The normalized spacial score (nSPS) is 14.7. The van der Waals surface area contributed by atoms with Crippen LogP contribution in [0.2, 0.25) is 0 Å². The molecule has 0 spiro atoms. The molecule has 0 aliphatic rings. The van der Waals surface area contributed by atoms with E-state index in [1.807, 2.05) is 121 Å². The quantitative estimate of drug-likeness (QED) is 0.0397. The lowest BCUT2D eigenvalue weighted by Gasteiger charge is -2.34. The van der Waals surface area contributed by atoms with Crippen molar-refractivity contribution in [3.63, 3.8) is 0 Å². The fourth-order valence-electron chi connectivity index (χ4n) is 7.65. The monoisotopic (exact) mass is 922 g/mol. The van der Waals surface area contributed by atoms with Gasteiger partial charge in [0.25, 0.3) is 0 Å². The lowest BCUT2D eigenvalue weighted by Crippen LogP contribution is -2.54. The first-order valence-corrected chi connectivity index (χ1v) is 22.8. The molecule has 0 saturated carbocycles. The van der Waals surface area contributed by atoms with Crippen molar-refractivity contribution in [2.24, 2.45) is 29.6 Å². The number of hydrogen-bond acceptors (Lipinski definition) is 10. The van der Waals surface area contributed by atoms with Crippen molar-refractivity contribution in [2.75, 3.05) is 0 Å². The molecule has 3 amide bonds. The number of alkyl carbamates (subject to hydrolysis) is 1. The second-order valence-corrected chi connectivity index (χ2v) is 17.8. The highest BCUT2D eigenvalue weighted by molar-refractivity contribution is 5.92. The highest BCUT2D eigenvalue weighted by Gasteiger charge is 2.38. The number of amides is 3. The summed E-state index contributed by atoms with van der Waals surface area (Å²) in [7, 11) is 0. The molecule has 0 saturated heterocycles. The molecule has 0 aliphatic carbocycles.